The van der Waals surface area contributed by atoms with Crippen LogP contribution in [0, 0.1) is 12.7 Å². The van der Waals surface area contributed by atoms with Crippen molar-refractivity contribution in [2.75, 3.05) is 0 Å². The maximum absolute atomic E-state index is 13.5. The first-order valence-electron chi connectivity index (χ1n) is 6.03. The van der Waals surface area contributed by atoms with Gasteiger partial charge in [0.1, 0.15) is 5.82 Å². The largest absolute Gasteiger partial charge is 0.347 e. The SMILES string of the molecule is CCC(N)Cc1cc2ccc(F)c(C)c2n1C. The summed E-state index contributed by atoms with van der Waals surface area (Å²) in [4.78, 5) is 0. The van der Waals surface area contributed by atoms with Crippen molar-refractivity contribution in [3.63, 3.8) is 0 Å². The van der Waals surface area contributed by atoms with E-state index < -0.39 is 0 Å². The zero-order valence-corrected chi connectivity index (χ0v) is 10.6. The number of fused-ring (bicyclic) bond motifs is 1. The van der Waals surface area contributed by atoms with Gasteiger partial charge in [0.2, 0.25) is 0 Å². The fraction of sp³-hybridized carbons (Fsp3) is 0.429. The molecule has 0 aliphatic carbocycles. The predicted octanol–water partition coefficient (Wildman–Crippen LogP) is 2.91. The van der Waals surface area contributed by atoms with Crippen molar-refractivity contribution in [3.05, 3.63) is 35.3 Å². The summed E-state index contributed by atoms with van der Waals surface area (Å²) in [6, 6.07) is 5.64. The average molecular weight is 234 g/mol. The van der Waals surface area contributed by atoms with Gasteiger partial charge >= 0.3 is 0 Å². The normalized spacial score (nSPS) is 13.2. The highest BCUT2D eigenvalue weighted by atomic mass is 19.1. The second-order valence-corrected chi connectivity index (χ2v) is 4.68. The Morgan fingerprint density at radius 3 is 2.76 bits per heavy atom. The minimum Gasteiger partial charge on any atom is -0.347 e. The summed E-state index contributed by atoms with van der Waals surface area (Å²) < 4.78 is 15.6. The lowest BCUT2D eigenvalue weighted by Gasteiger charge is -2.10. The summed E-state index contributed by atoms with van der Waals surface area (Å²) in [6.07, 6.45) is 1.79. The molecule has 92 valence electrons. The lowest BCUT2D eigenvalue weighted by atomic mass is 10.1. The molecule has 1 heterocycles. The van der Waals surface area contributed by atoms with E-state index in [-0.39, 0.29) is 11.9 Å². The predicted molar refractivity (Wildman–Crippen MR) is 69.6 cm³/mol. The first-order valence-corrected chi connectivity index (χ1v) is 6.03. The molecule has 17 heavy (non-hydrogen) atoms. The summed E-state index contributed by atoms with van der Waals surface area (Å²) in [5, 5.41) is 1.09. The molecule has 0 fully saturated rings. The molecule has 1 unspecified atom stereocenters. The number of aryl methyl sites for hydroxylation is 2. The number of hydrogen-bond acceptors (Lipinski definition) is 1. The quantitative estimate of drug-likeness (QED) is 0.869. The van der Waals surface area contributed by atoms with Gasteiger partial charge in [-0.1, -0.05) is 6.92 Å². The van der Waals surface area contributed by atoms with Crippen molar-refractivity contribution in [1.82, 2.24) is 4.57 Å². The molecule has 0 amide bonds. The van der Waals surface area contributed by atoms with E-state index in [2.05, 4.69) is 17.6 Å². The number of nitrogens with two attached hydrogens (primary N) is 1. The van der Waals surface area contributed by atoms with Crippen LogP contribution in [-0.2, 0) is 13.5 Å². The number of nitrogens with zero attached hydrogens (tertiary/aromatic N) is 1. The summed E-state index contributed by atoms with van der Waals surface area (Å²) in [7, 11) is 1.98. The van der Waals surface area contributed by atoms with Crippen LogP contribution in [-0.4, -0.2) is 10.6 Å². The molecule has 2 N–H and O–H groups in total. The molecule has 1 aromatic heterocycles. The van der Waals surface area contributed by atoms with Gasteiger partial charge in [0.25, 0.3) is 0 Å². The maximum Gasteiger partial charge on any atom is 0.128 e. The number of benzene rings is 1. The third kappa shape index (κ3) is 2.07. The summed E-state index contributed by atoms with van der Waals surface area (Å²) in [6.45, 7) is 3.90. The van der Waals surface area contributed by atoms with Crippen molar-refractivity contribution in [2.24, 2.45) is 12.8 Å². The molecule has 0 saturated carbocycles. The summed E-state index contributed by atoms with van der Waals surface area (Å²) in [5.74, 6) is -0.148. The van der Waals surface area contributed by atoms with Gasteiger partial charge in [-0.25, -0.2) is 4.39 Å². The number of halogens is 1. The zero-order valence-electron chi connectivity index (χ0n) is 10.6. The number of rotatable bonds is 3. The fourth-order valence-corrected chi connectivity index (χ4v) is 2.29. The monoisotopic (exact) mass is 234 g/mol. The third-order valence-electron chi connectivity index (χ3n) is 3.48. The first kappa shape index (κ1) is 12.1. The lowest BCUT2D eigenvalue weighted by molar-refractivity contribution is 0.615. The van der Waals surface area contributed by atoms with Crippen LogP contribution in [0.1, 0.15) is 24.6 Å². The Hall–Kier alpha value is -1.35. The molecule has 1 aromatic carbocycles. The van der Waals surface area contributed by atoms with E-state index in [9.17, 15) is 4.39 Å². The number of aromatic nitrogens is 1. The Kier molecular flexibility index (Phi) is 3.20. The van der Waals surface area contributed by atoms with Crippen LogP contribution in [0.2, 0.25) is 0 Å². The van der Waals surface area contributed by atoms with Gasteiger partial charge in [-0.2, -0.15) is 0 Å². The topological polar surface area (TPSA) is 30.9 Å². The van der Waals surface area contributed by atoms with Crippen LogP contribution in [0.4, 0.5) is 4.39 Å². The van der Waals surface area contributed by atoms with Crippen molar-refractivity contribution < 1.29 is 4.39 Å². The molecule has 0 spiro atoms. The van der Waals surface area contributed by atoms with Gasteiger partial charge in [-0.15, -0.1) is 0 Å². The van der Waals surface area contributed by atoms with Crippen molar-refractivity contribution in [1.29, 1.82) is 0 Å². The molecule has 2 nitrogen and oxygen atoms in total. The highest BCUT2D eigenvalue weighted by Crippen LogP contribution is 2.24. The van der Waals surface area contributed by atoms with E-state index in [1.807, 2.05) is 20.0 Å². The van der Waals surface area contributed by atoms with E-state index in [4.69, 9.17) is 5.73 Å². The van der Waals surface area contributed by atoms with Crippen molar-refractivity contribution in [2.45, 2.75) is 32.7 Å². The smallest absolute Gasteiger partial charge is 0.128 e. The highest BCUT2D eigenvalue weighted by molar-refractivity contribution is 5.84. The summed E-state index contributed by atoms with van der Waals surface area (Å²) in [5.41, 5.74) is 8.83. The van der Waals surface area contributed by atoms with Gasteiger partial charge < -0.3 is 10.3 Å². The van der Waals surface area contributed by atoms with Crippen LogP contribution in [0.3, 0.4) is 0 Å². The van der Waals surface area contributed by atoms with Crippen LogP contribution in [0.5, 0.6) is 0 Å². The van der Waals surface area contributed by atoms with Gasteiger partial charge in [-0.05, 0) is 31.5 Å². The van der Waals surface area contributed by atoms with E-state index in [0.29, 0.717) is 5.56 Å². The molecule has 0 radical (unpaired) electrons. The maximum atomic E-state index is 13.5. The molecule has 0 aliphatic heterocycles. The van der Waals surface area contributed by atoms with E-state index in [0.717, 1.165) is 23.7 Å². The minimum absolute atomic E-state index is 0.148. The second kappa shape index (κ2) is 4.49. The van der Waals surface area contributed by atoms with Crippen LogP contribution < -0.4 is 5.73 Å². The van der Waals surface area contributed by atoms with Gasteiger partial charge in [0.05, 0.1) is 5.52 Å². The zero-order chi connectivity index (χ0) is 12.6. The second-order valence-electron chi connectivity index (χ2n) is 4.68. The Balaban J connectivity index is 2.53. The highest BCUT2D eigenvalue weighted by Gasteiger charge is 2.12. The molecule has 0 aliphatic rings. The molecule has 0 saturated heterocycles. The fourth-order valence-electron chi connectivity index (χ4n) is 2.29. The molecular formula is C14H19FN2. The Bertz CT molecular complexity index is 543. The van der Waals surface area contributed by atoms with Crippen LogP contribution in [0.15, 0.2) is 18.2 Å². The molecular weight excluding hydrogens is 215 g/mol. The summed E-state index contributed by atoms with van der Waals surface area (Å²) >= 11 is 0. The van der Waals surface area contributed by atoms with Crippen LogP contribution in [0.25, 0.3) is 10.9 Å². The van der Waals surface area contributed by atoms with Gasteiger partial charge in [0, 0.05) is 36.2 Å². The first-order chi connectivity index (χ1) is 8.04. The van der Waals surface area contributed by atoms with E-state index in [1.54, 1.807) is 0 Å². The third-order valence-corrected chi connectivity index (χ3v) is 3.48. The van der Waals surface area contributed by atoms with E-state index >= 15 is 0 Å². The van der Waals surface area contributed by atoms with Gasteiger partial charge in [-0.3, -0.25) is 0 Å². The van der Waals surface area contributed by atoms with Crippen molar-refractivity contribution >= 4 is 10.9 Å². The molecule has 2 rings (SSSR count). The van der Waals surface area contributed by atoms with E-state index in [1.165, 1.54) is 11.8 Å². The van der Waals surface area contributed by atoms with Crippen molar-refractivity contribution in [3.8, 4) is 0 Å². The van der Waals surface area contributed by atoms with Crippen LogP contribution >= 0.6 is 0 Å². The Labute approximate surface area is 101 Å². The average Bonchev–Trinajstić information content (AvgIpc) is 2.62. The molecule has 3 heteroatoms. The molecule has 2 aromatic rings. The molecule has 0 bridgehead atoms. The Morgan fingerprint density at radius 2 is 2.12 bits per heavy atom. The number of hydrogen-bond donors (Lipinski definition) is 1. The molecule has 1 atom stereocenters. The van der Waals surface area contributed by atoms with Gasteiger partial charge in [0.15, 0.2) is 0 Å². The minimum atomic E-state index is -0.148. The standard InChI is InChI=1S/C14H19FN2/c1-4-11(16)8-12-7-10-5-6-13(15)9(2)14(10)17(12)3/h5-7,11H,4,8,16H2,1-3H3. The lowest BCUT2D eigenvalue weighted by Crippen LogP contribution is -2.22. The Morgan fingerprint density at radius 1 is 1.41 bits per heavy atom.